The van der Waals surface area contributed by atoms with E-state index in [1.165, 1.54) is 24.3 Å². The first kappa shape index (κ1) is 26.3. The zero-order chi connectivity index (χ0) is 26.5. The molecule has 0 saturated heterocycles. The highest BCUT2D eigenvalue weighted by Gasteiger charge is 2.15. The molecule has 37 heavy (non-hydrogen) atoms. The van der Waals surface area contributed by atoms with Crippen LogP contribution in [-0.2, 0) is 13.0 Å². The molecule has 0 aliphatic carbocycles. The summed E-state index contributed by atoms with van der Waals surface area (Å²) in [5, 5.41) is 0. The van der Waals surface area contributed by atoms with Crippen molar-refractivity contribution >= 4 is 0 Å². The fourth-order valence-corrected chi connectivity index (χ4v) is 4.06. The quantitative estimate of drug-likeness (QED) is 0.123. The number of hydrogen-bond acceptors (Lipinski definition) is 1. The van der Waals surface area contributed by atoms with Gasteiger partial charge in [0.2, 0.25) is 0 Å². The minimum atomic E-state index is -1.62. The highest BCUT2D eigenvalue weighted by molar-refractivity contribution is 5.71. The van der Waals surface area contributed by atoms with Gasteiger partial charge in [0.1, 0.15) is 12.4 Å². The fraction of sp³-hybridized carbons (Fsp3) is 0.200. The Kier molecular flexibility index (Phi) is 8.21. The molecule has 0 fully saturated rings. The van der Waals surface area contributed by atoms with Crippen LogP contribution in [0.15, 0.2) is 66.7 Å². The van der Waals surface area contributed by atoms with Crippen LogP contribution in [0.25, 0.3) is 22.3 Å². The van der Waals surface area contributed by atoms with Gasteiger partial charge in [0.15, 0.2) is 34.8 Å². The molecule has 0 radical (unpaired) electrons. The summed E-state index contributed by atoms with van der Waals surface area (Å²) in [5.41, 5.74) is 2.16. The van der Waals surface area contributed by atoms with Gasteiger partial charge >= 0.3 is 0 Å². The molecule has 0 aliphatic rings. The normalized spacial score (nSPS) is 11.1. The number of unbranched alkanes of at least 4 members (excludes halogenated alkanes) is 2. The average Bonchev–Trinajstić information content (AvgIpc) is 2.87. The summed E-state index contributed by atoms with van der Waals surface area (Å²) in [6.45, 7) is 1.99. The van der Waals surface area contributed by atoms with Crippen LogP contribution < -0.4 is 4.74 Å². The van der Waals surface area contributed by atoms with Crippen LogP contribution in [0.1, 0.15) is 37.3 Å². The summed E-state index contributed by atoms with van der Waals surface area (Å²) in [4.78, 5) is 0. The van der Waals surface area contributed by atoms with Gasteiger partial charge in [-0.1, -0.05) is 56.2 Å². The van der Waals surface area contributed by atoms with E-state index in [1.807, 2.05) is 0 Å². The maximum absolute atomic E-state index is 14.7. The van der Waals surface area contributed by atoms with E-state index < -0.39 is 40.7 Å². The minimum Gasteiger partial charge on any atom is -0.483 e. The lowest BCUT2D eigenvalue weighted by atomic mass is 9.99. The molecule has 0 unspecified atom stereocenters. The number of rotatable bonds is 9. The third kappa shape index (κ3) is 6.16. The molecule has 0 aromatic heterocycles. The van der Waals surface area contributed by atoms with Crippen molar-refractivity contribution < 1.29 is 31.1 Å². The minimum absolute atomic E-state index is 0.0711. The summed E-state index contributed by atoms with van der Waals surface area (Å²) in [5.74, 6) is -7.10. The van der Waals surface area contributed by atoms with Crippen LogP contribution >= 0.6 is 0 Å². The SMILES string of the molecule is CCCCCc1cc(F)c(OCc2ccc(-c3ccc(-c4cc(F)c(F)c(F)c4)c(F)c3)cc2)c(F)c1. The van der Waals surface area contributed by atoms with E-state index in [0.29, 0.717) is 28.7 Å². The number of hydrogen-bond donors (Lipinski definition) is 0. The number of aryl methyl sites for hydroxylation is 1. The highest BCUT2D eigenvalue weighted by atomic mass is 19.2. The summed E-state index contributed by atoms with van der Waals surface area (Å²) in [6.07, 6.45) is 3.46. The molecule has 4 aromatic carbocycles. The van der Waals surface area contributed by atoms with E-state index in [-0.39, 0.29) is 17.7 Å². The van der Waals surface area contributed by atoms with Gasteiger partial charge in [-0.25, -0.2) is 26.3 Å². The average molecular weight is 515 g/mol. The molecule has 0 aliphatic heterocycles. The highest BCUT2D eigenvalue weighted by Crippen LogP contribution is 2.30. The van der Waals surface area contributed by atoms with Crippen molar-refractivity contribution in [3.63, 3.8) is 0 Å². The number of halogens is 6. The first-order valence-electron chi connectivity index (χ1n) is 11.9. The van der Waals surface area contributed by atoms with Crippen LogP contribution in [0, 0.1) is 34.9 Å². The Hall–Kier alpha value is -3.74. The Morgan fingerprint density at radius 1 is 0.568 bits per heavy atom. The molecule has 0 N–H and O–H groups in total. The van der Waals surface area contributed by atoms with Crippen molar-refractivity contribution in [1.82, 2.24) is 0 Å². The smallest absolute Gasteiger partial charge is 0.194 e. The molecule has 0 saturated carbocycles. The molecule has 192 valence electrons. The van der Waals surface area contributed by atoms with Gasteiger partial charge < -0.3 is 4.74 Å². The maximum Gasteiger partial charge on any atom is 0.194 e. The lowest BCUT2D eigenvalue weighted by Crippen LogP contribution is -2.01. The van der Waals surface area contributed by atoms with E-state index >= 15 is 0 Å². The van der Waals surface area contributed by atoms with Crippen LogP contribution in [0.2, 0.25) is 0 Å². The van der Waals surface area contributed by atoms with Gasteiger partial charge in [0, 0.05) is 5.56 Å². The molecule has 4 aromatic rings. The molecule has 0 bridgehead atoms. The van der Waals surface area contributed by atoms with Crippen LogP contribution in [0.5, 0.6) is 5.75 Å². The lowest BCUT2D eigenvalue weighted by Gasteiger charge is -2.11. The Morgan fingerprint density at radius 3 is 1.76 bits per heavy atom. The largest absolute Gasteiger partial charge is 0.483 e. The van der Waals surface area contributed by atoms with E-state index in [9.17, 15) is 26.3 Å². The van der Waals surface area contributed by atoms with Gasteiger partial charge in [-0.15, -0.1) is 0 Å². The molecule has 0 atom stereocenters. The van der Waals surface area contributed by atoms with Gasteiger partial charge in [-0.3, -0.25) is 0 Å². The maximum atomic E-state index is 14.7. The van der Waals surface area contributed by atoms with Crippen molar-refractivity contribution in [3.8, 4) is 28.0 Å². The van der Waals surface area contributed by atoms with E-state index in [4.69, 9.17) is 4.74 Å². The zero-order valence-electron chi connectivity index (χ0n) is 20.1. The Balaban J connectivity index is 1.45. The fourth-order valence-electron chi connectivity index (χ4n) is 4.06. The Bertz CT molecular complexity index is 1350. The van der Waals surface area contributed by atoms with Gasteiger partial charge in [0.25, 0.3) is 0 Å². The third-order valence-electron chi connectivity index (χ3n) is 6.06. The first-order chi connectivity index (χ1) is 17.8. The zero-order valence-corrected chi connectivity index (χ0v) is 20.1. The Labute approximate surface area is 211 Å². The topological polar surface area (TPSA) is 9.23 Å². The molecule has 0 amide bonds. The molecular weight excluding hydrogens is 490 g/mol. The standard InChI is InChI=1S/C30H24F6O/c1-2-3-4-5-19-12-27(34)30(28(35)13-19)37-17-18-6-8-20(9-7-18)21-10-11-23(24(31)14-21)22-15-25(32)29(36)26(33)16-22/h6-16H,2-5,17H2,1H3. The first-order valence-corrected chi connectivity index (χ1v) is 11.9. The van der Waals surface area contributed by atoms with Crippen molar-refractivity contribution in [1.29, 1.82) is 0 Å². The van der Waals surface area contributed by atoms with E-state index in [1.54, 1.807) is 30.3 Å². The summed E-state index contributed by atoms with van der Waals surface area (Å²) < 4.78 is 89.2. The number of benzene rings is 4. The lowest BCUT2D eigenvalue weighted by molar-refractivity contribution is 0.274. The summed E-state index contributed by atoms with van der Waals surface area (Å²) in [6, 6.07) is 14.9. The van der Waals surface area contributed by atoms with Crippen LogP contribution in [0.3, 0.4) is 0 Å². The van der Waals surface area contributed by atoms with Crippen molar-refractivity contribution in [3.05, 3.63) is 113 Å². The summed E-state index contributed by atoms with van der Waals surface area (Å²) >= 11 is 0. The molecule has 4 rings (SSSR count). The van der Waals surface area contributed by atoms with Crippen LogP contribution in [0.4, 0.5) is 26.3 Å². The van der Waals surface area contributed by atoms with E-state index in [0.717, 1.165) is 31.4 Å². The predicted molar refractivity (Wildman–Crippen MR) is 131 cm³/mol. The van der Waals surface area contributed by atoms with Crippen molar-refractivity contribution in [2.24, 2.45) is 0 Å². The second-order valence-electron chi connectivity index (χ2n) is 8.78. The van der Waals surface area contributed by atoms with Crippen molar-refractivity contribution in [2.75, 3.05) is 0 Å². The summed E-state index contributed by atoms with van der Waals surface area (Å²) in [7, 11) is 0. The molecule has 7 heteroatoms. The molecule has 0 heterocycles. The van der Waals surface area contributed by atoms with Gasteiger partial charge in [-0.2, -0.15) is 0 Å². The van der Waals surface area contributed by atoms with Crippen LogP contribution in [-0.4, -0.2) is 0 Å². The molecule has 0 spiro atoms. The molecular formula is C30H24F6O. The monoisotopic (exact) mass is 514 g/mol. The second kappa shape index (κ2) is 11.5. The van der Waals surface area contributed by atoms with E-state index in [2.05, 4.69) is 6.92 Å². The van der Waals surface area contributed by atoms with Gasteiger partial charge in [-0.05, 0) is 71.0 Å². The van der Waals surface area contributed by atoms with Gasteiger partial charge in [0.05, 0.1) is 0 Å². The molecule has 1 nitrogen and oxygen atoms in total. The van der Waals surface area contributed by atoms with Crippen molar-refractivity contribution in [2.45, 2.75) is 39.2 Å². The second-order valence-corrected chi connectivity index (χ2v) is 8.78. The predicted octanol–water partition coefficient (Wildman–Crippen LogP) is 9.17. The third-order valence-corrected chi connectivity index (χ3v) is 6.06. The Morgan fingerprint density at radius 2 is 1.16 bits per heavy atom. The number of ether oxygens (including phenoxy) is 1.